The first kappa shape index (κ1) is 10.9. The lowest BCUT2D eigenvalue weighted by molar-refractivity contribution is -0.143. The standard InChI is InChI=1S/C10H17NO4/c12-8-5-9(10(13)14)11(6-8)7-1-3-15-4-2-7/h7-9,12H,1-6H2,(H,13,14)/t8-,9-/m0/s1. The maximum absolute atomic E-state index is 11.0. The number of aliphatic carboxylic acids is 1. The van der Waals surface area contributed by atoms with Gasteiger partial charge in [-0.1, -0.05) is 0 Å². The van der Waals surface area contributed by atoms with Gasteiger partial charge in [0.25, 0.3) is 0 Å². The molecule has 5 heteroatoms. The number of carbonyl (C=O) groups is 1. The predicted octanol–water partition coefficient (Wildman–Crippen LogP) is -0.315. The van der Waals surface area contributed by atoms with E-state index < -0.39 is 18.1 Å². The van der Waals surface area contributed by atoms with Gasteiger partial charge in [0.05, 0.1) is 6.10 Å². The van der Waals surface area contributed by atoms with Crippen LogP contribution in [0.25, 0.3) is 0 Å². The average Bonchev–Trinajstić information content (AvgIpc) is 2.62. The predicted molar refractivity (Wildman–Crippen MR) is 52.6 cm³/mol. The summed E-state index contributed by atoms with van der Waals surface area (Å²) >= 11 is 0. The Morgan fingerprint density at radius 3 is 2.60 bits per heavy atom. The van der Waals surface area contributed by atoms with Crippen LogP contribution in [0.2, 0.25) is 0 Å². The molecule has 0 bridgehead atoms. The third-order valence-corrected chi connectivity index (χ3v) is 3.26. The van der Waals surface area contributed by atoms with E-state index in [1.54, 1.807) is 0 Å². The summed E-state index contributed by atoms with van der Waals surface area (Å²) in [6.07, 6.45) is 1.61. The molecular weight excluding hydrogens is 198 g/mol. The summed E-state index contributed by atoms with van der Waals surface area (Å²) in [5.41, 5.74) is 0. The third kappa shape index (κ3) is 2.30. The summed E-state index contributed by atoms with van der Waals surface area (Å²) in [7, 11) is 0. The Labute approximate surface area is 88.6 Å². The van der Waals surface area contributed by atoms with Crippen LogP contribution in [-0.2, 0) is 9.53 Å². The van der Waals surface area contributed by atoms with Gasteiger partial charge in [-0.25, -0.2) is 0 Å². The van der Waals surface area contributed by atoms with E-state index in [1.807, 2.05) is 4.90 Å². The first-order valence-corrected chi connectivity index (χ1v) is 5.43. The minimum atomic E-state index is -0.821. The van der Waals surface area contributed by atoms with Crippen LogP contribution in [-0.4, -0.2) is 59.0 Å². The molecule has 0 spiro atoms. The van der Waals surface area contributed by atoms with Crippen molar-refractivity contribution in [3.05, 3.63) is 0 Å². The lowest BCUT2D eigenvalue weighted by Crippen LogP contribution is -2.45. The monoisotopic (exact) mass is 215 g/mol. The van der Waals surface area contributed by atoms with Crippen molar-refractivity contribution in [3.8, 4) is 0 Å². The fraction of sp³-hybridized carbons (Fsp3) is 0.900. The number of nitrogens with zero attached hydrogens (tertiary/aromatic N) is 1. The molecule has 0 aromatic carbocycles. The Bertz CT molecular complexity index is 240. The van der Waals surface area contributed by atoms with Gasteiger partial charge in [0, 0.05) is 32.2 Å². The van der Waals surface area contributed by atoms with Gasteiger partial charge in [-0.3, -0.25) is 9.69 Å². The molecule has 0 radical (unpaired) electrons. The second-order valence-electron chi connectivity index (χ2n) is 4.28. The normalized spacial score (nSPS) is 34.5. The van der Waals surface area contributed by atoms with Gasteiger partial charge in [0.15, 0.2) is 0 Å². The molecule has 2 aliphatic heterocycles. The van der Waals surface area contributed by atoms with E-state index in [0.29, 0.717) is 26.2 Å². The molecule has 0 aromatic rings. The van der Waals surface area contributed by atoms with Crippen molar-refractivity contribution in [2.45, 2.75) is 37.5 Å². The highest BCUT2D eigenvalue weighted by molar-refractivity contribution is 5.74. The van der Waals surface area contributed by atoms with Crippen molar-refractivity contribution in [2.75, 3.05) is 19.8 Å². The maximum atomic E-state index is 11.0. The minimum absolute atomic E-state index is 0.261. The molecule has 0 aromatic heterocycles. The molecule has 2 saturated heterocycles. The fourth-order valence-electron chi connectivity index (χ4n) is 2.50. The number of β-amino-alcohol motifs (C(OH)–C–C–N with tert-alkyl or cyclic N) is 1. The van der Waals surface area contributed by atoms with Crippen molar-refractivity contribution in [3.63, 3.8) is 0 Å². The van der Waals surface area contributed by atoms with Crippen LogP contribution in [0.5, 0.6) is 0 Å². The van der Waals surface area contributed by atoms with Crippen LogP contribution in [0.15, 0.2) is 0 Å². The van der Waals surface area contributed by atoms with Gasteiger partial charge in [-0.15, -0.1) is 0 Å². The highest BCUT2D eigenvalue weighted by atomic mass is 16.5. The molecule has 2 rings (SSSR count). The van der Waals surface area contributed by atoms with Crippen LogP contribution >= 0.6 is 0 Å². The van der Waals surface area contributed by atoms with E-state index in [2.05, 4.69) is 0 Å². The summed E-state index contributed by atoms with van der Waals surface area (Å²) in [4.78, 5) is 12.9. The molecule has 0 saturated carbocycles. The number of aliphatic hydroxyl groups excluding tert-OH is 1. The maximum Gasteiger partial charge on any atom is 0.321 e. The molecule has 86 valence electrons. The second-order valence-corrected chi connectivity index (χ2v) is 4.28. The van der Waals surface area contributed by atoms with Gasteiger partial charge in [0.1, 0.15) is 6.04 Å². The number of rotatable bonds is 2. The number of likely N-dealkylation sites (tertiary alicyclic amines) is 1. The van der Waals surface area contributed by atoms with E-state index in [4.69, 9.17) is 9.84 Å². The molecule has 2 fully saturated rings. The minimum Gasteiger partial charge on any atom is -0.480 e. The number of hydrogen-bond acceptors (Lipinski definition) is 4. The van der Waals surface area contributed by atoms with Crippen molar-refractivity contribution in [2.24, 2.45) is 0 Å². The van der Waals surface area contributed by atoms with Crippen molar-refractivity contribution >= 4 is 5.97 Å². The first-order valence-electron chi connectivity index (χ1n) is 5.43. The molecule has 2 N–H and O–H groups in total. The third-order valence-electron chi connectivity index (χ3n) is 3.26. The molecular formula is C10H17NO4. The number of aliphatic hydroxyl groups is 1. The van der Waals surface area contributed by atoms with Gasteiger partial charge in [-0.2, -0.15) is 0 Å². The zero-order chi connectivity index (χ0) is 10.8. The zero-order valence-corrected chi connectivity index (χ0v) is 8.63. The second kappa shape index (κ2) is 4.47. The zero-order valence-electron chi connectivity index (χ0n) is 8.63. The molecule has 2 aliphatic rings. The highest BCUT2D eigenvalue weighted by Crippen LogP contribution is 2.25. The number of carboxylic acids is 1. The first-order chi connectivity index (χ1) is 7.18. The van der Waals surface area contributed by atoms with Crippen molar-refractivity contribution < 1.29 is 19.7 Å². The van der Waals surface area contributed by atoms with Crippen LogP contribution in [0.1, 0.15) is 19.3 Å². The molecule has 15 heavy (non-hydrogen) atoms. The lowest BCUT2D eigenvalue weighted by Gasteiger charge is -2.33. The molecule has 0 amide bonds. The van der Waals surface area contributed by atoms with Gasteiger partial charge in [-0.05, 0) is 12.8 Å². The van der Waals surface area contributed by atoms with Gasteiger partial charge >= 0.3 is 5.97 Å². The van der Waals surface area contributed by atoms with E-state index in [-0.39, 0.29) is 6.04 Å². The Hall–Kier alpha value is -0.650. The van der Waals surface area contributed by atoms with Crippen LogP contribution in [0.4, 0.5) is 0 Å². The highest BCUT2D eigenvalue weighted by Gasteiger charge is 2.39. The Balaban J connectivity index is 2.02. The van der Waals surface area contributed by atoms with Crippen molar-refractivity contribution in [1.29, 1.82) is 0 Å². The lowest BCUT2D eigenvalue weighted by atomic mass is 10.1. The summed E-state index contributed by atoms with van der Waals surface area (Å²) in [6, 6.07) is -0.250. The fourth-order valence-corrected chi connectivity index (χ4v) is 2.50. The Kier molecular flexibility index (Phi) is 3.23. The van der Waals surface area contributed by atoms with E-state index in [1.165, 1.54) is 0 Å². The summed E-state index contributed by atoms with van der Waals surface area (Å²) < 4.78 is 5.25. The van der Waals surface area contributed by atoms with Crippen LogP contribution in [0.3, 0.4) is 0 Å². The van der Waals surface area contributed by atoms with E-state index >= 15 is 0 Å². The van der Waals surface area contributed by atoms with E-state index in [9.17, 15) is 9.90 Å². The van der Waals surface area contributed by atoms with Gasteiger partial charge in [0.2, 0.25) is 0 Å². The Morgan fingerprint density at radius 2 is 2.00 bits per heavy atom. The topological polar surface area (TPSA) is 70.0 Å². The SMILES string of the molecule is O=C(O)[C@@H]1C[C@H](O)CN1C1CCOCC1. The van der Waals surface area contributed by atoms with Crippen LogP contribution < -0.4 is 0 Å². The van der Waals surface area contributed by atoms with Crippen LogP contribution in [0, 0.1) is 0 Å². The Morgan fingerprint density at radius 1 is 1.33 bits per heavy atom. The molecule has 5 nitrogen and oxygen atoms in total. The number of ether oxygens (including phenoxy) is 1. The summed E-state index contributed by atoms with van der Waals surface area (Å²) in [5.74, 6) is -0.821. The largest absolute Gasteiger partial charge is 0.480 e. The van der Waals surface area contributed by atoms with E-state index in [0.717, 1.165) is 12.8 Å². The smallest absolute Gasteiger partial charge is 0.321 e. The number of carboxylic acid groups (broad SMARTS) is 1. The average molecular weight is 215 g/mol. The number of hydrogen-bond donors (Lipinski definition) is 2. The quantitative estimate of drug-likeness (QED) is 0.661. The molecule has 0 unspecified atom stereocenters. The molecule has 0 aliphatic carbocycles. The summed E-state index contributed by atoms with van der Waals surface area (Å²) in [6.45, 7) is 1.88. The molecule has 2 atom stereocenters. The van der Waals surface area contributed by atoms with Crippen molar-refractivity contribution in [1.82, 2.24) is 4.90 Å². The summed E-state index contributed by atoms with van der Waals surface area (Å²) in [5, 5.41) is 18.6. The van der Waals surface area contributed by atoms with Gasteiger partial charge < -0.3 is 14.9 Å². The molecule has 2 heterocycles.